The molecular formula is C12H10FN3O3. The minimum atomic E-state index is -0.710. The highest BCUT2D eigenvalue weighted by Crippen LogP contribution is 2.26. The number of carbonyl (C=O) groups excluding carboxylic acids is 1. The van der Waals surface area contributed by atoms with Crippen molar-refractivity contribution in [2.75, 3.05) is 6.54 Å². The molecule has 3 rings (SSSR count). The third-order valence-corrected chi connectivity index (χ3v) is 2.97. The summed E-state index contributed by atoms with van der Waals surface area (Å²) in [6.45, 7) is 0.467. The van der Waals surface area contributed by atoms with Crippen LogP contribution in [-0.4, -0.2) is 27.7 Å². The Bertz CT molecular complexity index is 641. The summed E-state index contributed by atoms with van der Waals surface area (Å²) >= 11 is 0. The number of carbonyl (C=O) groups is 1. The molecule has 2 aromatic rings. The standard InChI is InChI=1S/C12H10FN3O3/c13-8-2-1-6(3-9(8)17)11-15-12(19-16-11)7-4-10(18)14-5-7/h1-3,7,17H,4-5H2,(H,14,18)/t7-/m1/s1. The van der Waals surface area contributed by atoms with E-state index >= 15 is 0 Å². The van der Waals surface area contributed by atoms with Crippen molar-refractivity contribution >= 4 is 5.91 Å². The van der Waals surface area contributed by atoms with E-state index in [-0.39, 0.29) is 17.6 Å². The lowest BCUT2D eigenvalue weighted by Gasteiger charge is -1.98. The number of nitrogens with one attached hydrogen (secondary N) is 1. The van der Waals surface area contributed by atoms with E-state index in [1.54, 1.807) is 0 Å². The van der Waals surface area contributed by atoms with E-state index in [1.807, 2.05) is 0 Å². The van der Waals surface area contributed by atoms with Gasteiger partial charge in [-0.1, -0.05) is 5.16 Å². The summed E-state index contributed by atoms with van der Waals surface area (Å²) in [6.07, 6.45) is 0.316. The molecule has 1 atom stereocenters. The lowest BCUT2D eigenvalue weighted by molar-refractivity contribution is -0.119. The summed E-state index contributed by atoms with van der Waals surface area (Å²) < 4.78 is 18.0. The van der Waals surface area contributed by atoms with Gasteiger partial charge in [0.05, 0.1) is 5.92 Å². The van der Waals surface area contributed by atoms with Gasteiger partial charge in [-0.05, 0) is 18.2 Å². The van der Waals surface area contributed by atoms with Crippen LogP contribution in [0.25, 0.3) is 11.4 Å². The summed E-state index contributed by atoms with van der Waals surface area (Å²) in [7, 11) is 0. The van der Waals surface area contributed by atoms with Crippen molar-refractivity contribution in [1.82, 2.24) is 15.5 Å². The number of aromatic nitrogens is 2. The van der Waals surface area contributed by atoms with Crippen molar-refractivity contribution in [2.45, 2.75) is 12.3 Å². The number of hydrogen-bond acceptors (Lipinski definition) is 5. The van der Waals surface area contributed by atoms with Crippen LogP contribution < -0.4 is 5.32 Å². The molecule has 1 amide bonds. The Kier molecular flexibility index (Phi) is 2.66. The highest BCUT2D eigenvalue weighted by molar-refractivity contribution is 5.79. The largest absolute Gasteiger partial charge is 0.505 e. The molecule has 98 valence electrons. The van der Waals surface area contributed by atoms with E-state index in [0.29, 0.717) is 24.4 Å². The van der Waals surface area contributed by atoms with Crippen LogP contribution in [0.4, 0.5) is 4.39 Å². The first-order valence-electron chi connectivity index (χ1n) is 5.72. The molecule has 19 heavy (non-hydrogen) atoms. The smallest absolute Gasteiger partial charge is 0.232 e. The molecule has 0 spiro atoms. The maximum absolute atomic E-state index is 12.9. The molecular weight excluding hydrogens is 253 g/mol. The van der Waals surface area contributed by atoms with E-state index in [4.69, 9.17) is 4.52 Å². The SMILES string of the molecule is O=C1C[C@@H](c2nc(-c3ccc(F)c(O)c3)no2)CN1. The molecule has 1 aromatic carbocycles. The fraction of sp³-hybridized carbons (Fsp3) is 0.250. The molecule has 1 saturated heterocycles. The molecule has 0 bridgehead atoms. The van der Waals surface area contributed by atoms with Crippen LogP contribution in [0.3, 0.4) is 0 Å². The Morgan fingerprint density at radius 2 is 2.32 bits per heavy atom. The van der Waals surface area contributed by atoms with Gasteiger partial charge in [0.2, 0.25) is 17.6 Å². The van der Waals surface area contributed by atoms with Gasteiger partial charge in [0.15, 0.2) is 11.6 Å². The van der Waals surface area contributed by atoms with Crippen LogP contribution in [0.15, 0.2) is 22.7 Å². The molecule has 1 aromatic heterocycles. The maximum Gasteiger partial charge on any atom is 0.232 e. The molecule has 0 unspecified atom stereocenters. The predicted molar refractivity (Wildman–Crippen MR) is 61.7 cm³/mol. The van der Waals surface area contributed by atoms with Crippen molar-refractivity contribution < 1.29 is 18.8 Å². The summed E-state index contributed by atoms with van der Waals surface area (Å²) in [6, 6.07) is 3.80. The van der Waals surface area contributed by atoms with Crippen molar-refractivity contribution in [1.29, 1.82) is 0 Å². The second-order valence-electron chi connectivity index (χ2n) is 4.33. The Morgan fingerprint density at radius 1 is 1.47 bits per heavy atom. The van der Waals surface area contributed by atoms with Gasteiger partial charge < -0.3 is 14.9 Å². The molecule has 1 aliphatic heterocycles. The van der Waals surface area contributed by atoms with Crippen LogP contribution in [-0.2, 0) is 4.79 Å². The lowest BCUT2D eigenvalue weighted by atomic mass is 10.1. The first-order chi connectivity index (χ1) is 9.13. The van der Waals surface area contributed by atoms with Gasteiger partial charge in [0, 0.05) is 18.5 Å². The second kappa shape index (κ2) is 4.34. The fourth-order valence-corrected chi connectivity index (χ4v) is 1.95. The number of nitrogens with zero attached hydrogens (tertiary/aromatic N) is 2. The van der Waals surface area contributed by atoms with Gasteiger partial charge in [0.1, 0.15) is 0 Å². The summed E-state index contributed by atoms with van der Waals surface area (Å²) in [5, 5.41) is 15.7. The molecule has 2 heterocycles. The first-order valence-corrected chi connectivity index (χ1v) is 5.72. The number of aromatic hydroxyl groups is 1. The minimum absolute atomic E-state index is 0.0517. The van der Waals surface area contributed by atoms with Crippen molar-refractivity contribution in [3.63, 3.8) is 0 Å². The second-order valence-corrected chi connectivity index (χ2v) is 4.33. The fourth-order valence-electron chi connectivity index (χ4n) is 1.95. The highest BCUT2D eigenvalue weighted by Gasteiger charge is 2.28. The lowest BCUT2D eigenvalue weighted by Crippen LogP contribution is -2.13. The van der Waals surface area contributed by atoms with E-state index in [1.165, 1.54) is 12.1 Å². The molecule has 6 nitrogen and oxygen atoms in total. The molecule has 0 saturated carbocycles. The zero-order chi connectivity index (χ0) is 13.4. The molecule has 0 aliphatic carbocycles. The van der Waals surface area contributed by atoms with Gasteiger partial charge in [-0.25, -0.2) is 4.39 Å². The minimum Gasteiger partial charge on any atom is -0.505 e. The summed E-state index contributed by atoms with van der Waals surface area (Å²) in [5.41, 5.74) is 0.450. The number of rotatable bonds is 2. The van der Waals surface area contributed by atoms with Crippen LogP contribution in [0.2, 0.25) is 0 Å². The van der Waals surface area contributed by atoms with Gasteiger partial charge in [-0.3, -0.25) is 4.79 Å². The van der Waals surface area contributed by atoms with E-state index in [0.717, 1.165) is 6.07 Å². The van der Waals surface area contributed by atoms with Crippen LogP contribution in [0.1, 0.15) is 18.2 Å². The average Bonchev–Trinajstić information content (AvgIpc) is 3.01. The zero-order valence-corrected chi connectivity index (χ0v) is 9.76. The maximum atomic E-state index is 12.9. The molecule has 0 radical (unpaired) electrons. The number of phenols is 1. The van der Waals surface area contributed by atoms with Gasteiger partial charge in [-0.15, -0.1) is 0 Å². The van der Waals surface area contributed by atoms with Gasteiger partial charge in [0.25, 0.3) is 0 Å². The van der Waals surface area contributed by atoms with Crippen molar-refractivity contribution in [3.05, 3.63) is 29.9 Å². The zero-order valence-electron chi connectivity index (χ0n) is 9.76. The normalized spacial score (nSPS) is 18.6. The van der Waals surface area contributed by atoms with Crippen molar-refractivity contribution in [2.24, 2.45) is 0 Å². The Hall–Kier alpha value is -2.44. The molecule has 1 aliphatic rings. The van der Waals surface area contributed by atoms with Gasteiger partial charge >= 0.3 is 0 Å². The number of amides is 1. The van der Waals surface area contributed by atoms with Gasteiger partial charge in [-0.2, -0.15) is 4.98 Å². The van der Waals surface area contributed by atoms with Crippen LogP contribution in [0, 0.1) is 5.82 Å². The monoisotopic (exact) mass is 263 g/mol. The van der Waals surface area contributed by atoms with Crippen LogP contribution >= 0.6 is 0 Å². The highest BCUT2D eigenvalue weighted by atomic mass is 19.1. The quantitative estimate of drug-likeness (QED) is 0.849. The Labute approximate surface area is 107 Å². The van der Waals surface area contributed by atoms with Crippen molar-refractivity contribution in [3.8, 4) is 17.1 Å². The molecule has 7 heteroatoms. The average molecular weight is 263 g/mol. The summed E-state index contributed by atoms with van der Waals surface area (Å²) in [4.78, 5) is 15.3. The number of halogens is 1. The third-order valence-electron chi connectivity index (χ3n) is 2.97. The van der Waals surface area contributed by atoms with E-state index < -0.39 is 11.6 Å². The molecule has 1 fully saturated rings. The number of hydrogen-bond donors (Lipinski definition) is 2. The topological polar surface area (TPSA) is 88.2 Å². The van der Waals surface area contributed by atoms with Crippen LogP contribution in [0.5, 0.6) is 5.75 Å². The van der Waals surface area contributed by atoms with E-state index in [2.05, 4.69) is 15.5 Å². The first kappa shape index (κ1) is 11.6. The third kappa shape index (κ3) is 2.14. The summed E-state index contributed by atoms with van der Waals surface area (Å²) in [5.74, 6) is -0.756. The number of benzene rings is 1. The Balaban J connectivity index is 1.88. The Morgan fingerprint density at radius 3 is 3.00 bits per heavy atom. The predicted octanol–water partition coefficient (Wildman–Crippen LogP) is 1.18. The molecule has 2 N–H and O–H groups in total. The number of phenolic OH excluding ortho intramolecular Hbond substituents is 1. The van der Waals surface area contributed by atoms with E-state index in [9.17, 15) is 14.3 Å².